The molecule has 4 saturated carbocycles. The average molecular weight is 498 g/mol. The number of piperidine rings is 1. The van der Waals surface area contributed by atoms with E-state index in [2.05, 4.69) is 9.80 Å². The van der Waals surface area contributed by atoms with Crippen molar-refractivity contribution < 1.29 is 18.7 Å². The van der Waals surface area contributed by atoms with Crippen LogP contribution in [0.2, 0.25) is 0 Å². The molecule has 6 aliphatic rings. The van der Waals surface area contributed by atoms with E-state index >= 15 is 0 Å². The Kier molecular flexibility index (Phi) is 6.80. The van der Waals surface area contributed by atoms with Crippen molar-refractivity contribution in [3.63, 3.8) is 0 Å². The van der Waals surface area contributed by atoms with E-state index in [0.717, 1.165) is 68.5 Å². The van der Waals surface area contributed by atoms with E-state index in [0.29, 0.717) is 39.4 Å². The maximum atomic E-state index is 14.0. The molecule has 1 aromatic rings. The number of hydrogen-bond acceptors (Lipinski definition) is 4. The third kappa shape index (κ3) is 4.93. The Labute approximate surface area is 214 Å². The van der Waals surface area contributed by atoms with Crippen LogP contribution in [0.15, 0.2) is 24.3 Å². The van der Waals surface area contributed by atoms with Gasteiger partial charge < -0.3 is 14.5 Å². The van der Waals surface area contributed by atoms with Gasteiger partial charge >= 0.3 is 0 Å². The number of carbonyl (C=O) groups is 2. The fourth-order valence-electron chi connectivity index (χ4n) is 8.34. The monoisotopic (exact) mass is 497 g/mol. The summed E-state index contributed by atoms with van der Waals surface area (Å²) in [6.07, 6.45) is 9.03. The molecule has 4 aliphatic carbocycles. The lowest BCUT2D eigenvalue weighted by atomic mass is 9.52. The van der Waals surface area contributed by atoms with E-state index in [9.17, 15) is 14.0 Å². The first-order valence-electron chi connectivity index (χ1n) is 14.1. The quantitative estimate of drug-likeness (QED) is 0.602. The summed E-state index contributed by atoms with van der Waals surface area (Å²) in [6.45, 7) is 5.22. The first-order valence-corrected chi connectivity index (χ1v) is 14.1. The second-order valence-corrected chi connectivity index (χ2v) is 12.2. The van der Waals surface area contributed by atoms with Gasteiger partial charge in [0.25, 0.3) is 0 Å². The summed E-state index contributed by atoms with van der Waals surface area (Å²) in [7, 11) is 0. The fraction of sp³-hybridized carbons (Fsp3) is 0.724. The van der Waals surface area contributed by atoms with Crippen molar-refractivity contribution in [3.05, 3.63) is 35.6 Å². The van der Waals surface area contributed by atoms with Crippen LogP contribution in [0.4, 0.5) is 4.39 Å². The summed E-state index contributed by atoms with van der Waals surface area (Å²) in [4.78, 5) is 33.3. The molecule has 2 saturated heterocycles. The molecule has 4 bridgehead atoms. The first-order chi connectivity index (χ1) is 17.5. The number of carbonyl (C=O) groups excluding carboxylic acids is 2. The van der Waals surface area contributed by atoms with Crippen LogP contribution in [-0.2, 0) is 20.9 Å². The van der Waals surface area contributed by atoms with Gasteiger partial charge in [-0.2, -0.15) is 0 Å². The van der Waals surface area contributed by atoms with Gasteiger partial charge in [-0.15, -0.1) is 0 Å². The molecule has 0 radical (unpaired) electrons. The van der Waals surface area contributed by atoms with Gasteiger partial charge in [0.15, 0.2) is 0 Å². The molecule has 0 N–H and O–H groups in total. The normalized spacial score (nSPS) is 32.6. The van der Waals surface area contributed by atoms with Gasteiger partial charge in [-0.25, -0.2) is 4.39 Å². The van der Waals surface area contributed by atoms with Crippen LogP contribution in [0.5, 0.6) is 0 Å². The molecule has 0 unspecified atom stereocenters. The van der Waals surface area contributed by atoms with E-state index in [1.165, 1.54) is 31.4 Å². The smallest absolute Gasteiger partial charge is 0.237 e. The largest absolute Gasteiger partial charge is 0.378 e. The molecule has 0 spiro atoms. The van der Waals surface area contributed by atoms with Crippen LogP contribution in [0.1, 0.15) is 56.9 Å². The molecule has 1 aromatic carbocycles. The molecular weight excluding hydrogens is 457 g/mol. The zero-order chi connectivity index (χ0) is 24.7. The van der Waals surface area contributed by atoms with E-state index in [1.54, 1.807) is 0 Å². The maximum Gasteiger partial charge on any atom is 0.237 e. The standard InChI is InChI=1S/C29H40FN3O3/c30-26-3-1-21(2-4-26)19-33(29-16-22-13-23(17-29)15-24(14-22)18-29)27(34)20-31-7-5-25(6-8-31)28(35)32-9-11-36-12-10-32/h1-4,22-25H,5-20H2. The molecule has 2 heterocycles. The van der Waals surface area contributed by atoms with E-state index in [4.69, 9.17) is 4.74 Å². The number of hydrogen-bond donors (Lipinski definition) is 0. The average Bonchev–Trinajstić information content (AvgIpc) is 2.88. The minimum atomic E-state index is -0.235. The van der Waals surface area contributed by atoms with Crippen molar-refractivity contribution in [1.29, 1.82) is 0 Å². The van der Waals surface area contributed by atoms with Gasteiger partial charge in [0.05, 0.1) is 19.8 Å². The van der Waals surface area contributed by atoms with Gasteiger partial charge in [0, 0.05) is 31.1 Å². The summed E-state index contributed by atoms with van der Waals surface area (Å²) in [5.41, 5.74) is 0.973. The van der Waals surface area contributed by atoms with E-state index in [-0.39, 0.29) is 29.1 Å². The summed E-state index contributed by atoms with van der Waals surface area (Å²) >= 11 is 0. The third-order valence-electron chi connectivity index (χ3n) is 9.75. The predicted octanol–water partition coefficient (Wildman–Crippen LogP) is 3.69. The highest BCUT2D eigenvalue weighted by atomic mass is 19.1. The summed E-state index contributed by atoms with van der Waals surface area (Å²) in [5.74, 6) is 2.55. The molecule has 7 rings (SSSR count). The number of likely N-dealkylation sites (tertiary alicyclic amines) is 1. The Balaban J connectivity index is 1.13. The highest BCUT2D eigenvalue weighted by Crippen LogP contribution is 2.58. The molecule has 2 amide bonds. The van der Waals surface area contributed by atoms with Crippen molar-refractivity contribution >= 4 is 11.8 Å². The number of morpholine rings is 1. The lowest BCUT2D eigenvalue weighted by Gasteiger charge is -2.60. The van der Waals surface area contributed by atoms with Gasteiger partial charge in [0.1, 0.15) is 5.82 Å². The van der Waals surface area contributed by atoms with Crippen LogP contribution >= 0.6 is 0 Å². The lowest BCUT2D eigenvalue weighted by Crippen LogP contribution is -2.62. The predicted molar refractivity (Wildman–Crippen MR) is 134 cm³/mol. The molecular formula is C29H40FN3O3. The Morgan fingerprint density at radius 3 is 2.08 bits per heavy atom. The van der Waals surface area contributed by atoms with Crippen LogP contribution in [0.25, 0.3) is 0 Å². The van der Waals surface area contributed by atoms with Crippen LogP contribution in [0, 0.1) is 29.5 Å². The van der Waals surface area contributed by atoms with Crippen LogP contribution in [0.3, 0.4) is 0 Å². The number of nitrogens with zero attached hydrogens (tertiary/aromatic N) is 3. The van der Waals surface area contributed by atoms with Crippen LogP contribution < -0.4 is 0 Å². The summed E-state index contributed by atoms with van der Waals surface area (Å²) in [5, 5.41) is 0. The van der Waals surface area contributed by atoms with Crippen molar-refractivity contribution in [2.75, 3.05) is 45.9 Å². The molecule has 0 aromatic heterocycles. The van der Waals surface area contributed by atoms with Gasteiger partial charge in [-0.05, 0) is 99.9 Å². The molecule has 196 valence electrons. The minimum Gasteiger partial charge on any atom is -0.378 e. The third-order valence-corrected chi connectivity index (χ3v) is 9.75. The second-order valence-electron chi connectivity index (χ2n) is 12.2. The van der Waals surface area contributed by atoms with E-state index in [1.807, 2.05) is 17.0 Å². The summed E-state index contributed by atoms with van der Waals surface area (Å²) < 4.78 is 19.0. The molecule has 0 atom stereocenters. The van der Waals surface area contributed by atoms with Crippen molar-refractivity contribution in [2.24, 2.45) is 23.7 Å². The second kappa shape index (κ2) is 10.1. The molecule has 6 nitrogen and oxygen atoms in total. The Hall–Kier alpha value is -1.99. The molecule has 7 heteroatoms. The molecule has 6 fully saturated rings. The van der Waals surface area contributed by atoms with Crippen molar-refractivity contribution in [1.82, 2.24) is 14.7 Å². The number of halogens is 1. The fourth-order valence-corrected chi connectivity index (χ4v) is 8.34. The van der Waals surface area contributed by atoms with Crippen molar-refractivity contribution in [3.8, 4) is 0 Å². The number of ether oxygens (including phenoxy) is 1. The zero-order valence-corrected chi connectivity index (χ0v) is 21.4. The SMILES string of the molecule is O=C(C1CCN(CC(=O)N(Cc2ccc(F)cc2)C23CC4CC(CC(C4)C2)C3)CC1)N1CCOCC1. The number of amides is 2. The Morgan fingerprint density at radius 2 is 1.50 bits per heavy atom. The number of rotatable bonds is 6. The van der Waals surface area contributed by atoms with Crippen LogP contribution in [-0.4, -0.2) is 78.0 Å². The van der Waals surface area contributed by atoms with Gasteiger partial charge in [-0.1, -0.05) is 12.1 Å². The Bertz CT molecular complexity index is 918. The highest BCUT2D eigenvalue weighted by molar-refractivity contribution is 5.80. The van der Waals surface area contributed by atoms with E-state index < -0.39 is 0 Å². The Morgan fingerprint density at radius 1 is 0.917 bits per heavy atom. The minimum absolute atomic E-state index is 0.0369. The first kappa shape index (κ1) is 24.4. The number of benzene rings is 1. The lowest BCUT2D eigenvalue weighted by molar-refractivity contribution is -0.154. The maximum absolute atomic E-state index is 14.0. The van der Waals surface area contributed by atoms with Crippen molar-refractivity contribution in [2.45, 2.75) is 63.5 Å². The topological polar surface area (TPSA) is 53.1 Å². The summed E-state index contributed by atoms with van der Waals surface area (Å²) in [6, 6.07) is 6.68. The molecule has 36 heavy (non-hydrogen) atoms. The highest BCUT2D eigenvalue weighted by Gasteiger charge is 2.54. The van der Waals surface area contributed by atoms with Gasteiger partial charge in [-0.3, -0.25) is 14.5 Å². The molecule has 2 aliphatic heterocycles. The van der Waals surface area contributed by atoms with Gasteiger partial charge in [0.2, 0.25) is 11.8 Å². The zero-order valence-electron chi connectivity index (χ0n) is 21.4.